The molecule has 32 heavy (non-hydrogen) atoms. The summed E-state index contributed by atoms with van der Waals surface area (Å²) in [5.74, 6) is 0.347. The van der Waals surface area contributed by atoms with Crippen LogP contribution < -0.4 is 14.8 Å². The van der Waals surface area contributed by atoms with Gasteiger partial charge in [0.1, 0.15) is 11.5 Å². The van der Waals surface area contributed by atoms with Gasteiger partial charge in [-0.1, -0.05) is 30.3 Å². The van der Waals surface area contributed by atoms with E-state index in [1.54, 1.807) is 38.5 Å². The molecule has 168 valence electrons. The first-order valence-corrected chi connectivity index (χ1v) is 10.3. The second-order valence-corrected chi connectivity index (χ2v) is 7.21. The Balaban J connectivity index is 1.58. The maximum absolute atomic E-state index is 12.8. The molecule has 3 amide bonds. The Kier molecular flexibility index (Phi) is 7.85. The molecule has 0 spiro atoms. The Morgan fingerprint density at radius 2 is 1.75 bits per heavy atom. The molecular formula is C24H27N3O5. The highest BCUT2D eigenvalue weighted by Gasteiger charge is 2.29. The van der Waals surface area contributed by atoms with Crippen molar-refractivity contribution >= 4 is 23.8 Å². The predicted octanol–water partition coefficient (Wildman–Crippen LogP) is 2.05. The van der Waals surface area contributed by atoms with Crippen molar-refractivity contribution in [2.75, 3.05) is 33.9 Å². The van der Waals surface area contributed by atoms with Crippen LogP contribution >= 0.6 is 0 Å². The number of nitrogens with one attached hydrogen (secondary N) is 1. The molecule has 0 saturated carbocycles. The molecule has 0 bridgehead atoms. The number of carbonyl (C=O) groups excluding carboxylic acids is 3. The average molecular weight is 437 g/mol. The normalized spacial score (nSPS) is 13.3. The van der Waals surface area contributed by atoms with Crippen LogP contribution in [0.25, 0.3) is 6.08 Å². The number of amides is 3. The molecule has 1 saturated heterocycles. The van der Waals surface area contributed by atoms with E-state index in [1.165, 1.54) is 16.1 Å². The minimum absolute atomic E-state index is 0.164. The van der Waals surface area contributed by atoms with E-state index in [0.29, 0.717) is 36.6 Å². The lowest BCUT2D eigenvalue weighted by Crippen LogP contribution is -2.48. The molecule has 0 radical (unpaired) electrons. The summed E-state index contributed by atoms with van der Waals surface area (Å²) in [6, 6.07) is 14.6. The third-order valence-electron chi connectivity index (χ3n) is 5.06. The van der Waals surface area contributed by atoms with E-state index < -0.39 is 0 Å². The third-order valence-corrected chi connectivity index (χ3v) is 5.06. The van der Waals surface area contributed by atoms with Gasteiger partial charge < -0.3 is 14.8 Å². The fourth-order valence-corrected chi connectivity index (χ4v) is 3.43. The molecule has 8 heteroatoms. The van der Waals surface area contributed by atoms with Crippen LogP contribution in [-0.4, -0.2) is 61.6 Å². The van der Waals surface area contributed by atoms with Crippen LogP contribution in [0.15, 0.2) is 54.6 Å². The molecule has 1 fully saturated rings. The summed E-state index contributed by atoms with van der Waals surface area (Å²) in [7, 11) is 3.11. The van der Waals surface area contributed by atoms with Crippen LogP contribution in [0.3, 0.4) is 0 Å². The van der Waals surface area contributed by atoms with Crippen molar-refractivity contribution in [3.63, 3.8) is 0 Å². The van der Waals surface area contributed by atoms with Crippen molar-refractivity contribution in [3.05, 3.63) is 65.7 Å². The van der Waals surface area contributed by atoms with Crippen molar-refractivity contribution in [1.29, 1.82) is 0 Å². The Hall–Kier alpha value is -3.81. The summed E-state index contributed by atoms with van der Waals surface area (Å²) in [6.07, 6.45) is 3.90. The molecule has 1 aliphatic heterocycles. The van der Waals surface area contributed by atoms with E-state index in [2.05, 4.69) is 5.32 Å². The minimum Gasteiger partial charge on any atom is -0.497 e. The van der Waals surface area contributed by atoms with Gasteiger partial charge in [0.25, 0.3) is 11.8 Å². The van der Waals surface area contributed by atoms with Gasteiger partial charge >= 0.3 is 0 Å². The minimum atomic E-state index is -0.329. The molecule has 1 heterocycles. The van der Waals surface area contributed by atoms with Gasteiger partial charge in [-0.2, -0.15) is 0 Å². The van der Waals surface area contributed by atoms with E-state index in [0.717, 1.165) is 5.56 Å². The summed E-state index contributed by atoms with van der Waals surface area (Å²) in [5, 5.41) is 5.42. The SMILES string of the molecule is COc1ccc(OC)c(C=CC(=O)N2CCCN2C(=O)CNC(=O)Cc2ccccc2)c1. The first-order chi connectivity index (χ1) is 15.5. The van der Waals surface area contributed by atoms with E-state index in [-0.39, 0.29) is 30.7 Å². The predicted molar refractivity (Wildman–Crippen MR) is 120 cm³/mol. The molecule has 3 rings (SSSR count). The molecule has 0 aromatic heterocycles. The largest absolute Gasteiger partial charge is 0.497 e. The topological polar surface area (TPSA) is 88.2 Å². The fourth-order valence-electron chi connectivity index (χ4n) is 3.43. The van der Waals surface area contributed by atoms with Gasteiger partial charge in [-0.25, -0.2) is 10.0 Å². The molecule has 8 nitrogen and oxygen atoms in total. The number of hydrogen-bond acceptors (Lipinski definition) is 5. The van der Waals surface area contributed by atoms with Gasteiger partial charge in [0.15, 0.2) is 0 Å². The van der Waals surface area contributed by atoms with Gasteiger partial charge in [-0.3, -0.25) is 14.4 Å². The number of hydrogen-bond donors (Lipinski definition) is 1. The Morgan fingerprint density at radius 3 is 2.47 bits per heavy atom. The van der Waals surface area contributed by atoms with Crippen LogP contribution in [0.4, 0.5) is 0 Å². The highest BCUT2D eigenvalue weighted by Crippen LogP contribution is 2.25. The molecular weight excluding hydrogens is 410 g/mol. The van der Waals surface area contributed by atoms with Crippen LogP contribution in [-0.2, 0) is 20.8 Å². The smallest absolute Gasteiger partial charge is 0.265 e. The zero-order chi connectivity index (χ0) is 22.9. The van der Waals surface area contributed by atoms with E-state index >= 15 is 0 Å². The maximum Gasteiger partial charge on any atom is 0.265 e. The van der Waals surface area contributed by atoms with Crippen molar-refractivity contribution in [2.24, 2.45) is 0 Å². The van der Waals surface area contributed by atoms with Gasteiger partial charge in [0, 0.05) is 24.7 Å². The van der Waals surface area contributed by atoms with Crippen molar-refractivity contribution < 1.29 is 23.9 Å². The first kappa shape index (κ1) is 22.9. The second kappa shape index (κ2) is 11.0. The van der Waals surface area contributed by atoms with Crippen molar-refractivity contribution in [3.8, 4) is 11.5 Å². The van der Waals surface area contributed by atoms with Crippen molar-refractivity contribution in [1.82, 2.24) is 15.3 Å². The summed E-state index contributed by atoms with van der Waals surface area (Å²) < 4.78 is 10.5. The van der Waals surface area contributed by atoms with Crippen LogP contribution in [0.2, 0.25) is 0 Å². The van der Waals surface area contributed by atoms with Crippen LogP contribution in [0.5, 0.6) is 11.5 Å². The molecule has 0 unspecified atom stereocenters. The molecule has 2 aromatic carbocycles. The zero-order valence-corrected chi connectivity index (χ0v) is 18.2. The van der Waals surface area contributed by atoms with E-state index in [9.17, 15) is 14.4 Å². The molecule has 1 N–H and O–H groups in total. The van der Waals surface area contributed by atoms with Crippen LogP contribution in [0, 0.1) is 0 Å². The lowest BCUT2D eigenvalue weighted by atomic mass is 10.1. The summed E-state index contributed by atoms with van der Waals surface area (Å²) in [6.45, 7) is 0.695. The van der Waals surface area contributed by atoms with Crippen LogP contribution in [0.1, 0.15) is 17.5 Å². The average Bonchev–Trinajstić information content (AvgIpc) is 3.31. The zero-order valence-electron chi connectivity index (χ0n) is 18.2. The van der Waals surface area contributed by atoms with Gasteiger partial charge in [0.2, 0.25) is 5.91 Å². The highest BCUT2D eigenvalue weighted by atomic mass is 16.5. The van der Waals surface area contributed by atoms with Gasteiger partial charge in [-0.05, 0) is 36.3 Å². The number of carbonyl (C=O) groups is 3. The number of methoxy groups -OCH3 is 2. The molecule has 2 aromatic rings. The second-order valence-electron chi connectivity index (χ2n) is 7.21. The Bertz CT molecular complexity index is 990. The number of nitrogens with zero attached hydrogens (tertiary/aromatic N) is 2. The summed E-state index contributed by atoms with van der Waals surface area (Å²) in [4.78, 5) is 37.5. The number of rotatable bonds is 8. The standard InChI is InChI=1S/C24H27N3O5/c1-31-20-10-11-21(32-2)19(16-20)9-12-23(29)26-13-6-14-27(26)24(30)17-25-22(28)15-18-7-4-3-5-8-18/h3-5,7-12,16H,6,13-15,17H2,1-2H3,(H,25,28). The number of hydrazine groups is 1. The summed E-state index contributed by atoms with van der Waals surface area (Å²) in [5.41, 5.74) is 1.55. The van der Waals surface area contributed by atoms with Gasteiger partial charge in [-0.15, -0.1) is 0 Å². The summed E-state index contributed by atoms with van der Waals surface area (Å²) >= 11 is 0. The number of ether oxygens (including phenoxy) is 2. The molecule has 0 atom stereocenters. The lowest BCUT2D eigenvalue weighted by molar-refractivity contribution is -0.154. The fraction of sp³-hybridized carbons (Fsp3) is 0.292. The van der Waals surface area contributed by atoms with Gasteiger partial charge in [0.05, 0.1) is 27.2 Å². The highest BCUT2D eigenvalue weighted by molar-refractivity contribution is 5.94. The maximum atomic E-state index is 12.8. The Morgan fingerprint density at radius 1 is 1.00 bits per heavy atom. The van der Waals surface area contributed by atoms with Crippen molar-refractivity contribution in [2.45, 2.75) is 12.8 Å². The first-order valence-electron chi connectivity index (χ1n) is 10.3. The monoisotopic (exact) mass is 437 g/mol. The van der Waals surface area contributed by atoms with E-state index in [1.807, 2.05) is 30.3 Å². The molecule has 0 aliphatic carbocycles. The molecule has 1 aliphatic rings. The van der Waals surface area contributed by atoms with E-state index in [4.69, 9.17) is 9.47 Å². The Labute approximate surface area is 187 Å². The quantitative estimate of drug-likeness (QED) is 0.639. The number of benzene rings is 2. The third kappa shape index (κ3) is 5.87. The lowest BCUT2D eigenvalue weighted by Gasteiger charge is -2.27.